The van der Waals surface area contributed by atoms with E-state index in [2.05, 4.69) is 5.32 Å². The van der Waals surface area contributed by atoms with Crippen LogP contribution in [0.15, 0.2) is 71.6 Å². The number of rotatable bonds is 8. The maximum Gasteiger partial charge on any atom is 0.294 e. The van der Waals surface area contributed by atoms with E-state index in [0.29, 0.717) is 28.3 Å². The number of carbonyl (C=O) groups excluding carboxylic acids is 3. The SMILES string of the molecule is COc1cc(/C=C2\SC(=O)N(CC(=O)Nc3ccc(C)cc3)C2=O)ccc1OCc1cccc(F)c1. The van der Waals surface area contributed by atoms with Gasteiger partial charge >= 0.3 is 0 Å². The average molecular weight is 507 g/mol. The number of aryl methyl sites for hydroxylation is 1. The van der Waals surface area contributed by atoms with Crippen molar-refractivity contribution in [2.45, 2.75) is 13.5 Å². The van der Waals surface area contributed by atoms with Crippen molar-refractivity contribution in [2.75, 3.05) is 19.0 Å². The number of halogens is 1. The summed E-state index contributed by atoms with van der Waals surface area (Å²) in [7, 11) is 1.48. The maximum absolute atomic E-state index is 13.4. The molecule has 7 nitrogen and oxygen atoms in total. The van der Waals surface area contributed by atoms with Gasteiger partial charge in [-0.25, -0.2) is 4.39 Å². The number of methoxy groups -OCH3 is 1. The van der Waals surface area contributed by atoms with Crippen molar-refractivity contribution >= 4 is 40.6 Å². The summed E-state index contributed by atoms with van der Waals surface area (Å²) in [5.74, 6) is -0.505. The van der Waals surface area contributed by atoms with E-state index in [9.17, 15) is 18.8 Å². The summed E-state index contributed by atoms with van der Waals surface area (Å²) in [5.41, 5.74) is 2.91. The predicted octanol–water partition coefficient (Wildman–Crippen LogP) is 5.40. The van der Waals surface area contributed by atoms with Crippen LogP contribution in [0.2, 0.25) is 0 Å². The number of nitrogens with zero attached hydrogens (tertiary/aromatic N) is 1. The standard InChI is InChI=1S/C27H23FN2O5S/c1-17-6-9-21(10-7-17)29-25(31)15-30-26(32)24(36-27(30)33)14-18-8-11-22(23(13-18)34-2)35-16-19-4-3-5-20(28)12-19/h3-14H,15-16H2,1-2H3,(H,29,31)/b24-14-. The van der Waals surface area contributed by atoms with E-state index in [0.717, 1.165) is 22.2 Å². The first-order valence-corrected chi connectivity index (χ1v) is 11.8. The minimum Gasteiger partial charge on any atom is -0.493 e. The molecule has 1 heterocycles. The van der Waals surface area contributed by atoms with Crippen LogP contribution in [0.4, 0.5) is 14.9 Å². The molecule has 184 valence electrons. The van der Waals surface area contributed by atoms with Crippen molar-refractivity contribution in [3.05, 3.63) is 94.1 Å². The van der Waals surface area contributed by atoms with Crippen molar-refractivity contribution in [2.24, 2.45) is 0 Å². The Balaban J connectivity index is 1.42. The Morgan fingerprint density at radius 3 is 2.56 bits per heavy atom. The number of imide groups is 1. The van der Waals surface area contributed by atoms with Crippen LogP contribution in [0.5, 0.6) is 11.5 Å². The lowest BCUT2D eigenvalue weighted by Crippen LogP contribution is -2.36. The van der Waals surface area contributed by atoms with Crippen molar-refractivity contribution in [1.29, 1.82) is 0 Å². The van der Waals surface area contributed by atoms with Gasteiger partial charge in [0.1, 0.15) is 19.0 Å². The molecule has 0 spiro atoms. The first-order valence-electron chi connectivity index (χ1n) is 11.0. The molecule has 1 fully saturated rings. The van der Waals surface area contributed by atoms with Crippen molar-refractivity contribution < 1.29 is 28.2 Å². The highest BCUT2D eigenvalue weighted by atomic mass is 32.2. The largest absolute Gasteiger partial charge is 0.493 e. The number of nitrogens with one attached hydrogen (secondary N) is 1. The summed E-state index contributed by atoms with van der Waals surface area (Å²) < 4.78 is 24.5. The van der Waals surface area contributed by atoms with Gasteiger partial charge in [0.2, 0.25) is 5.91 Å². The molecule has 3 aromatic carbocycles. The molecule has 1 aliphatic heterocycles. The van der Waals surface area contributed by atoms with Crippen LogP contribution in [-0.2, 0) is 16.2 Å². The zero-order valence-corrected chi connectivity index (χ0v) is 20.4. The molecule has 0 unspecified atom stereocenters. The summed E-state index contributed by atoms with van der Waals surface area (Å²) in [6.07, 6.45) is 1.56. The Morgan fingerprint density at radius 1 is 1.06 bits per heavy atom. The van der Waals surface area contributed by atoms with Gasteiger partial charge in [-0.3, -0.25) is 19.3 Å². The van der Waals surface area contributed by atoms with E-state index in [-0.39, 0.29) is 23.9 Å². The second kappa shape index (κ2) is 11.1. The van der Waals surface area contributed by atoms with Crippen molar-refractivity contribution in [3.8, 4) is 11.5 Å². The Bertz CT molecular complexity index is 1340. The quantitative estimate of drug-likeness (QED) is 0.412. The van der Waals surface area contributed by atoms with Gasteiger partial charge in [0.05, 0.1) is 12.0 Å². The number of thioether (sulfide) groups is 1. The van der Waals surface area contributed by atoms with Crippen LogP contribution in [0, 0.1) is 12.7 Å². The number of hydrogen-bond donors (Lipinski definition) is 1. The number of amides is 3. The molecule has 0 aromatic heterocycles. The molecule has 3 amide bonds. The summed E-state index contributed by atoms with van der Waals surface area (Å²) in [4.78, 5) is 38.7. The molecule has 1 aliphatic rings. The second-order valence-corrected chi connectivity index (χ2v) is 9.00. The number of ether oxygens (including phenoxy) is 2. The smallest absolute Gasteiger partial charge is 0.294 e. The maximum atomic E-state index is 13.4. The zero-order valence-electron chi connectivity index (χ0n) is 19.6. The Labute approximate surface area is 211 Å². The second-order valence-electron chi connectivity index (χ2n) is 8.01. The molecule has 0 radical (unpaired) electrons. The molecule has 4 rings (SSSR count). The monoisotopic (exact) mass is 506 g/mol. The zero-order chi connectivity index (χ0) is 25.7. The average Bonchev–Trinajstić information content (AvgIpc) is 3.11. The van der Waals surface area contributed by atoms with Crippen LogP contribution < -0.4 is 14.8 Å². The molecule has 0 aliphatic carbocycles. The molecular formula is C27H23FN2O5S. The van der Waals surface area contributed by atoms with Crippen molar-refractivity contribution in [3.63, 3.8) is 0 Å². The molecule has 1 saturated heterocycles. The normalized spacial score (nSPS) is 14.3. The lowest BCUT2D eigenvalue weighted by molar-refractivity contribution is -0.127. The Kier molecular flexibility index (Phi) is 7.70. The lowest BCUT2D eigenvalue weighted by atomic mass is 10.1. The van der Waals surface area contributed by atoms with E-state index in [1.54, 1.807) is 48.5 Å². The van der Waals surface area contributed by atoms with Gasteiger partial charge in [0.25, 0.3) is 11.1 Å². The third-order valence-corrected chi connectivity index (χ3v) is 6.19. The minimum absolute atomic E-state index is 0.150. The van der Waals surface area contributed by atoms with Gasteiger partial charge < -0.3 is 14.8 Å². The van der Waals surface area contributed by atoms with Crippen LogP contribution in [0.3, 0.4) is 0 Å². The number of anilines is 1. The molecular weight excluding hydrogens is 483 g/mol. The summed E-state index contributed by atoms with van der Waals surface area (Å²) in [6, 6.07) is 18.3. The molecule has 0 atom stereocenters. The third-order valence-electron chi connectivity index (χ3n) is 5.28. The van der Waals surface area contributed by atoms with Crippen LogP contribution in [0.25, 0.3) is 6.08 Å². The van der Waals surface area contributed by atoms with Crippen LogP contribution >= 0.6 is 11.8 Å². The molecule has 9 heteroatoms. The van der Waals surface area contributed by atoms with E-state index >= 15 is 0 Å². The highest BCUT2D eigenvalue weighted by molar-refractivity contribution is 8.18. The fraction of sp³-hybridized carbons (Fsp3) is 0.148. The van der Waals surface area contributed by atoms with E-state index in [4.69, 9.17) is 9.47 Å². The molecule has 1 N–H and O–H groups in total. The Hall–Kier alpha value is -4.11. The fourth-order valence-electron chi connectivity index (χ4n) is 3.45. The summed E-state index contributed by atoms with van der Waals surface area (Å²) >= 11 is 0.764. The highest BCUT2D eigenvalue weighted by Gasteiger charge is 2.36. The van der Waals surface area contributed by atoms with Gasteiger partial charge in [0, 0.05) is 5.69 Å². The number of carbonyl (C=O) groups is 3. The number of hydrogen-bond acceptors (Lipinski definition) is 6. The molecule has 0 saturated carbocycles. The fourth-order valence-corrected chi connectivity index (χ4v) is 4.29. The third kappa shape index (κ3) is 6.11. The first kappa shape index (κ1) is 25.0. The number of benzene rings is 3. The van der Waals surface area contributed by atoms with Crippen LogP contribution in [-0.4, -0.2) is 35.6 Å². The minimum atomic E-state index is -0.547. The van der Waals surface area contributed by atoms with Gasteiger partial charge in [-0.1, -0.05) is 35.9 Å². The molecule has 36 heavy (non-hydrogen) atoms. The summed E-state index contributed by atoms with van der Waals surface area (Å²) in [6.45, 7) is 1.70. The Morgan fingerprint density at radius 2 is 1.83 bits per heavy atom. The predicted molar refractivity (Wildman–Crippen MR) is 136 cm³/mol. The van der Waals surface area contributed by atoms with Gasteiger partial charge in [0.15, 0.2) is 11.5 Å². The summed E-state index contributed by atoms with van der Waals surface area (Å²) in [5, 5.41) is 2.16. The topological polar surface area (TPSA) is 84.9 Å². The van der Waals surface area contributed by atoms with Gasteiger partial charge in [-0.15, -0.1) is 0 Å². The van der Waals surface area contributed by atoms with Gasteiger partial charge in [-0.2, -0.15) is 0 Å². The van der Waals surface area contributed by atoms with Crippen molar-refractivity contribution in [1.82, 2.24) is 4.90 Å². The molecule has 3 aromatic rings. The van der Waals surface area contributed by atoms with E-state index < -0.39 is 17.1 Å². The first-order chi connectivity index (χ1) is 17.3. The highest BCUT2D eigenvalue weighted by Crippen LogP contribution is 2.34. The van der Waals surface area contributed by atoms with Crippen LogP contribution in [0.1, 0.15) is 16.7 Å². The van der Waals surface area contributed by atoms with E-state index in [1.165, 1.54) is 19.2 Å². The lowest BCUT2D eigenvalue weighted by Gasteiger charge is -2.13. The molecule has 0 bridgehead atoms. The van der Waals surface area contributed by atoms with E-state index in [1.807, 2.05) is 19.1 Å². The van der Waals surface area contributed by atoms with Gasteiger partial charge in [-0.05, 0) is 72.3 Å².